The van der Waals surface area contributed by atoms with Crippen molar-refractivity contribution in [1.29, 1.82) is 0 Å². The minimum atomic E-state index is -4.63. The zero-order chi connectivity index (χ0) is 30.7. The molecule has 4 aromatic rings. The van der Waals surface area contributed by atoms with Crippen LogP contribution in [0.4, 0.5) is 33.6 Å². The Balaban J connectivity index is 1.38. The fourth-order valence-corrected chi connectivity index (χ4v) is 5.71. The van der Waals surface area contributed by atoms with Gasteiger partial charge in [-0.3, -0.25) is 4.72 Å². The summed E-state index contributed by atoms with van der Waals surface area (Å²) in [6, 6.07) is 8.08. The number of piperidine rings is 1. The lowest BCUT2D eigenvalue weighted by molar-refractivity contribution is 0.254. The first-order chi connectivity index (χ1) is 20.5. The molecule has 2 aromatic carbocycles. The molecule has 0 radical (unpaired) electrons. The molecule has 226 valence electrons. The molecule has 1 aliphatic heterocycles. The number of hydrogen-bond acceptors (Lipinski definition) is 8. The fourth-order valence-electron chi connectivity index (χ4n) is 4.48. The smallest absolute Gasteiger partial charge is 0.237 e. The van der Waals surface area contributed by atoms with E-state index in [1.807, 2.05) is 0 Å². The maximum absolute atomic E-state index is 15.3. The zero-order valence-electron chi connectivity index (χ0n) is 22.5. The van der Waals surface area contributed by atoms with Gasteiger partial charge < -0.3 is 15.4 Å². The van der Waals surface area contributed by atoms with E-state index in [2.05, 4.69) is 25.6 Å². The fraction of sp³-hybridized carbons (Fsp3) is 0.250. The number of nitrogens with one attached hydrogen (secondary N) is 3. The molecule has 0 aliphatic carbocycles. The van der Waals surface area contributed by atoms with Crippen molar-refractivity contribution in [2.24, 2.45) is 0 Å². The van der Waals surface area contributed by atoms with E-state index < -0.39 is 56.5 Å². The molecule has 0 spiro atoms. The van der Waals surface area contributed by atoms with E-state index in [9.17, 15) is 21.6 Å². The monoisotopic (exact) mass is 620 g/mol. The summed E-state index contributed by atoms with van der Waals surface area (Å²) < 4.78 is 105. The minimum Gasteiger partial charge on any atom is -0.438 e. The van der Waals surface area contributed by atoms with Crippen molar-refractivity contribution in [3.05, 3.63) is 89.3 Å². The second-order valence-corrected chi connectivity index (χ2v) is 11.5. The van der Waals surface area contributed by atoms with E-state index in [1.165, 1.54) is 19.3 Å². The van der Waals surface area contributed by atoms with Crippen LogP contribution in [-0.2, 0) is 15.8 Å². The molecule has 3 heterocycles. The van der Waals surface area contributed by atoms with Gasteiger partial charge in [-0.2, -0.15) is 0 Å². The average Bonchev–Trinajstić information content (AvgIpc) is 2.96. The summed E-state index contributed by atoms with van der Waals surface area (Å²) in [6.07, 6.45) is 2.14. The molecule has 5 rings (SSSR count). The van der Waals surface area contributed by atoms with Crippen molar-refractivity contribution in [2.75, 3.05) is 23.1 Å². The van der Waals surface area contributed by atoms with Gasteiger partial charge in [-0.25, -0.2) is 45.3 Å². The molecule has 15 heteroatoms. The lowest BCUT2D eigenvalue weighted by Gasteiger charge is -2.26. The molecule has 1 fully saturated rings. The standard InChI is InChI=1S/C28H25F5N6O3S/c1-15-24(11-22(32)26(25(15)33)39-43(40,41)14-19-20(30)5-2-6-21(19)31)42-27-18(4-3-8-35-27)23-7-9-36-28(38-23)37-17-10-16(29)12-34-13-17/h2-9,11,16-17,34,39H,10,12-14H2,1H3,(H,36,37,38)/t16-,17?/m0/s1. The van der Waals surface area contributed by atoms with Crippen molar-refractivity contribution in [2.45, 2.75) is 31.3 Å². The molecule has 0 amide bonds. The van der Waals surface area contributed by atoms with Crippen molar-refractivity contribution in [3.8, 4) is 22.9 Å². The lowest BCUT2D eigenvalue weighted by atomic mass is 10.1. The second kappa shape index (κ2) is 12.5. The van der Waals surface area contributed by atoms with Crippen molar-refractivity contribution >= 4 is 21.7 Å². The number of pyridine rings is 1. The van der Waals surface area contributed by atoms with Crippen molar-refractivity contribution in [1.82, 2.24) is 20.3 Å². The first-order valence-electron chi connectivity index (χ1n) is 13.0. The molecule has 9 nitrogen and oxygen atoms in total. The minimum absolute atomic E-state index is 0.0689. The third kappa shape index (κ3) is 7.00. The summed E-state index contributed by atoms with van der Waals surface area (Å²) in [6.45, 7) is 2.03. The summed E-state index contributed by atoms with van der Waals surface area (Å²) in [5.74, 6) is -6.23. The van der Waals surface area contributed by atoms with Crippen LogP contribution in [0.2, 0.25) is 0 Å². The Morgan fingerprint density at radius 3 is 2.51 bits per heavy atom. The molecule has 1 saturated heterocycles. The Hall–Kier alpha value is -4.37. The van der Waals surface area contributed by atoms with E-state index in [0.717, 1.165) is 24.3 Å². The summed E-state index contributed by atoms with van der Waals surface area (Å²) >= 11 is 0. The molecular formula is C28H25F5N6O3S. The topological polar surface area (TPSA) is 118 Å². The third-order valence-electron chi connectivity index (χ3n) is 6.61. The molecule has 0 bridgehead atoms. The average molecular weight is 621 g/mol. The van der Waals surface area contributed by atoms with Gasteiger partial charge >= 0.3 is 0 Å². The van der Waals surface area contributed by atoms with E-state index >= 15 is 8.78 Å². The summed E-state index contributed by atoms with van der Waals surface area (Å²) in [5.41, 5.74) is -1.40. The highest BCUT2D eigenvalue weighted by Crippen LogP contribution is 2.36. The Kier molecular flexibility index (Phi) is 8.73. The highest BCUT2D eigenvalue weighted by Gasteiger charge is 2.25. The Morgan fingerprint density at radius 2 is 1.77 bits per heavy atom. The maximum Gasteiger partial charge on any atom is 0.237 e. The maximum atomic E-state index is 15.3. The highest BCUT2D eigenvalue weighted by atomic mass is 32.2. The lowest BCUT2D eigenvalue weighted by Crippen LogP contribution is -2.44. The Labute approximate surface area is 243 Å². The van der Waals surface area contributed by atoms with Crippen LogP contribution in [0.3, 0.4) is 0 Å². The van der Waals surface area contributed by atoms with Gasteiger partial charge in [0.15, 0.2) is 11.6 Å². The van der Waals surface area contributed by atoms with Gasteiger partial charge in [0.1, 0.15) is 35.0 Å². The molecule has 2 aromatic heterocycles. The van der Waals surface area contributed by atoms with Gasteiger partial charge in [0, 0.05) is 55.1 Å². The molecule has 1 aliphatic rings. The number of rotatable bonds is 9. The number of sulfonamides is 1. The van der Waals surface area contributed by atoms with Crippen LogP contribution in [0, 0.1) is 30.2 Å². The van der Waals surface area contributed by atoms with E-state index in [0.29, 0.717) is 17.8 Å². The molecule has 3 N–H and O–H groups in total. The number of hydrogen-bond donors (Lipinski definition) is 3. The SMILES string of the molecule is Cc1c(Oc2ncccc2-c2ccnc(NC3CNC[C@@H](F)C3)n2)cc(F)c(NS(=O)(=O)Cc2c(F)cccc2F)c1F. The quantitative estimate of drug-likeness (QED) is 0.217. The zero-order valence-corrected chi connectivity index (χ0v) is 23.4. The van der Waals surface area contributed by atoms with Crippen LogP contribution in [0.15, 0.2) is 54.9 Å². The molecule has 43 heavy (non-hydrogen) atoms. The van der Waals surface area contributed by atoms with Gasteiger partial charge in [0.05, 0.1) is 11.3 Å². The van der Waals surface area contributed by atoms with Gasteiger partial charge in [0.25, 0.3) is 0 Å². The van der Waals surface area contributed by atoms with Crippen molar-refractivity contribution in [3.63, 3.8) is 0 Å². The molecule has 1 unspecified atom stereocenters. The Morgan fingerprint density at radius 1 is 1.00 bits per heavy atom. The predicted octanol–water partition coefficient (Wildman–Crippen LogP) is 5.25. The van der Waals surface area contributed by atoms with Gasteiger partial charge in [-0.15, -0.1) is 0 Å². The molecular weight excluding hydrogens is 595 g/mol. The summed E-state index contributed by atoms with van der Waals surface area (Å²) in [4.78, 5) is 12.8. The van der Waals surface area contributed by atoms with Crippen molar-refractivity contribution < 1.29 is 35.1 Å². The normalized spacial score (nSPS) is 17.0. The van der Waals surface area contributed by atoms with Crippen LogP contribution in [0.5, 0.6) is 11.6 Å². The highest BCUT2D eigenvalue weighted by molar-refractivity contribution is 7.91. The largest absolute Gasteiger partial charge is 0.438 e. The van der Waals surface area contributed by atoms with Crippen LogP contribution < -0.4 is 20.1 Å². The van der Waals surface area contributed by atoms with Crippen LogP contribution in [-0.4, -0.2) is 48.7 Å². The molecule has 2 atom stereocenters. The van der Waals surface area contributed by atoms with E-state index in [-0.39, 0.29) is 42.1 Å². The summed E-state index contributed by atoms with van der Waals surface area (Å²) in [7, 11) is -4.63. The second-order valence-electron chi connectivity index (χ2n) is 9.79. The number of alkyl halides is 1. The summed E-state index contributed by atoms with van der Waals surface area (Å²) in [5, 5.41) is 6.06. The first kappa shape index (κ1) is 30.1. The van der Waals surface area contributed by atoms with Gasteiger partial charge in [-0.1, -0.05) is 6.07 Å². The van der Waals surface area contributed by atoms with E-state index in [4.69, 9.17) is 4.74 Å². The number of benzene rings is 2. The number of ether oxygens (including phenoxy) is 1. The molecule has 0 saturated carbocycles. The van der Waals surface area contributed by atoms with Crippen LogP contribution in [0.1, 0.15) is 17.5 Å². The third-order valence-corrected chi connectivity index (χ3v) is 7.79. The number of nitrogens with zero attached hydrogens (tertiary/aromatic N) is 3. The Bertz CT molecular complexity index is 1740. The van der Waals surface area contributed by atoms with Crippen LogP contribution >= 0.6 is 0 Å². The van der Waals surface area contributed by atoms with Crippen LogP contribution in [0.25, 0.3) is 11.3 Å². The number of anilines is 2. The number of halogens is 5. The van der Waals surface area contributed by atoms with Gasteiger partial charge in [-0.05, 0) is 37.3 Å². The number of aromatic nitrogens is 3. The van der Waals surface area contributed by atoms with Gasteiger partial charge in [0.2, 0.25) is 21.9 Å². The van der Waals surface area contributed by atoms with E-state index in [1.54, 1.807) is 22.9 Å². The first-order valence-corrected chi connectivity index (χ1v) is 14.7. The predicted molar refractivity (Wildman–Crippen MR) is 149 cm³/mol.